The average Bonchev–Trinajstić information content (AvgIpc) is 2.37. The van der Waals surface area contributed by atoms with Gasteiger partial charge in [0.2, 0.25) is 0 Å². The van der Waals surface area contributed by atoms with Crippen molar-refractivity contribution in [2.45, 2.75) is 20.0 Å². The van der Waals surface area contributed by atoms with Crippen LogP contribution in [0.4, 0.5) is 4.39 Å². The van der Waals surface area contributed by atoms with E-state index in [0.29, 0.717) is 16.9 Å². The van der Waals surface area contributed by atoms with Crippen LogP contribution in [0.3, 0.4) is 0 Å². The molecule has 2 aromatic rings. The highest BCUT2D eigenvalue weighted by molar-refractivity contribution is 6.31. The molecule has 106 valence electrons. The van der Waals surface area contributed by atoms with E-state index in [4.69, 9.17) is 16.3 Å². The molecule has 20 heavy (non-hydrogen) atoms. The zero-order valence-corrected chi connectivity index (χ0v) is 12.3. The smallest absolute Gasteiger partial charge is 0.125 e. The predicted octanol–water partition coefficient (Wildman–Crippen LogP) is 4.19. The Morgan fingerprint density at radius 2 is 1.90 bits per heavy atom. The van der Waals surface area contributed by atoms with Crippen LogP contribution in [0.15, 0.2) is 30.3 Å². The lowest BCUT2D eigenvalue weighted by molar-refractivity contribution is 0.214. The zero-order valence-electron chi connectivity index (χ0n) is 11.6. The van der Waals surface area contributed by atoms with Gasteiger partial charge in [0.15, 0.2) is 0 Å². The predicted molar refractivity (Wildman–Crippen MR) is 77.9 cm³/mol. The van der Waals surface area contributed by atoms with Crippen molar-refractivity contribution in [2.24, 2.45) is 0 Å². The van der Waals surface area contributed by atoms with Gasteiger partial charge in [-0.1, -0.05) is 23.7 Å². The third kappa shape index (κ3) is 2.79. The van der Waals surface area contributed by atoms with E-state index in [0.717, 1.165) is 11.1 Å². The van der Waals surface area contributed by atoms with Crippen molar-refractivity contribution in [1.82, 2.24) is 0 Å². The first-order valence-corrected chi connectivity index (χ1v) is 6.60. The summed E-state index contributed by atoms with van der Waals surface area (Å²) in [5.41, 5.74) is 3.04. The summed E-state index contributed by atoms with van der Waals surface area (Å²) in [6.45, 7) is 3.85. The summed E-state index contributed by atoms with van der Waals surface area (Å²) in [6, 6.07) is 7.76. The minimum atomic E-state index is -0.960. The maximum atomic E-state index is 13.1. The number of benzene rings is 2. The molecule has 0 bridgehead atoms. The van der Waals surface area contributed by atoms with Crippen LogP contribution in [0.2, 0.25) is 5.02 Å². The Kier molecular flexibility index (Phi) is 4.31. The minimum absolute atomic E-state index is 0.194. The molecular weight excluding hydrogens is 279 g/mol. The van der Waals surface area contributed by atoms with Gasteiger partial charge in [-0.3, -0.25) is 0 Å². The van der Waals surface area contributed by atoms with Gasteiger partial charge in [0.1, 0.15) is 17.7 Å². The summed E-state index contributed by atoms with van der Waals surface area (Å²) in [5, 5.41) is 10.8. The third-order valence-corrected chi connectivity index (χ3v) is 3.57. The molecule has 0 aliphatic heterocycles. The Morgan fingerprint density at radius 3 is 2.50 bits per heavy atom. The Bertz CT molecular complexity index is 641. The lowest BCUT2D eigenvalue weighted by Crippen LogP contribution is -2.06. The van der Waals surface area contributed by atoms with E-state index in [2.05, 4.69) is 0 Å². The summed E-state index contributed by atoms with van der Waals surface area (Å²) in [6.07, 6.45) is -0.960. The number of hydrogen-bond donors (Lipinski definition) is 1. The standard InChI is InChI=1S/C16H16ClFO2/c1-9-6-10(2)15(14(7-9)20-3)16(19)12-5-4-11(18)8-13(12)17/h4-8,16,19H,1-3H3. The molecule has 0 aromatic heterocycles. The van der Waals surface area contributed by atoms with Crippen molar-refractivity contribution in [3.05, 3.63) is 63.4 Å². The molecule has 0 aliphatic rings. The van der Waals surface area contributed by atoms with E-state index < -0.39 is 11.9 Å². The molecular formula is C16H16ClFO2. The summed E-state index contributed by atoms with van der Waals surface area (Å²) in [5.74, 6) is 0.161. The van der Waals surface area contributed by atoms with Crippen molar-refractivity contribution in [3.63, 3.8) is 0 Å². The van der Waals surface area contributed by atoms with Crippen LogP contribution < -0.4 is 4.74 Å². The maximum absolute atomic E-state index is 13.1. The van der Waals surface area contributed by atoms with E-state index in [-0.39, 0.29) is 5.02 Å². The number of aliphatic hydroxyl groups is 1. The first-order chi connectivity index (χ1) is 9.43. The van der Waals surface area contributed by atoms with Gasteiger partial charge < -0.3 is 9.84 Å². The van der Waals surface area contributed by atoms with Gasteiger partial charge in [0.25, 0.3) is 0 Å². The number of methoxy groups -OCH3 is 1. The lowest BCUT2D eigenvalue weighted by Gasteiger charge is -2.19. The van der Waals surface area contributed by atoms with Gasteiger partial charge in [0, 0.05) is 16.1 Å². The van der Waals surface area contributed by atoms with E-state index in [1.807, 2.05) is 26.0 Å². The molecule has 1 N–H and O–H groups in total. The van der Waals surface area contributed by atoms with E-state index in [1.165, 1.54) is 18.2 Å². The molecule has 0 radical (unpaired) electrons. The fraction of sp³-hybridized carbons (Fsp3) is 0.250. The molecule has 1 atom stereocenters. The van der Waals surface area contributed by atoms with Gasteiger partial charge in [-0.2, -0.15) is 0 Å². The molecule has 0 amide bonds. The molecule has 0 saturated heterocycles. The second-order valence-electron chi connectivity index (χ2n) is 4.77. The second kappa shape index (κ2) is 5.81. The monoisotopic (exact) mass is 294 g/mol. The van der Waals surface area contributed by atoms with Crippen LogP contribution in [0.25, 0.3) is 0 Å². The number of halogens is 2. The van der Waals surface area contributed by atoms with Gasteiger partial charge in [-0.15, -0.1) is 0 Å². The number of aliphatic hydroxyl groups excluding tert-OH is 1. The van der Waals surface area contributed by atoms with E-state index in [9.17, 15) is 9.50 Å². The van der Waals surface area contributed by atoms with Crippen molar-refractivity contribution in [1.29, 1.82) is 0 Å². The minimum Gasteiger partial charge on any atom is -0.496 e. The first-order valence-electron chi connectivity index (χ1n) is 6.22. The summed E-state index contributed by atoms with van der Waals surface area (Å²) in [4.78, 5) is 0. The van der Waals surface area contributed by atoms with Crippen LogP contribution >= 0.6 is 11.6 Å². The lowest BCUT2D eigenvalue weighted by atomic mass is 9.95. The number of aryl methyl sites for hydroxylation is 2. The van der Waals surface area contributed by atoms with Crippen molar-refractivity contribution < 1.29 is 14.2 Å². The summed E-state index contributed by atoms with van der Waals surface area (Å²) >= 11 is 6.01. The fourth-order valence-corrected chi connectivity index (χ4v) is 2.61. The van der Waals surface area contributed by atoms with Crippen molar-refractivity contribution >= 4 is 11.6 Å². The molecule has 0 fully saturated rings. The highest BCUT2D eigenvalue weighted by Crippen LogP contribution is 2.36. The topological polar surface area (TPSA) is 29.5 Å². The normalized spacial score (nSPS) is 12.3. The SMILES string of the molecule is COc1cc(C)cc(C)c1C(O)c1ccc(F)cc1Cl. The van der Waals surface area contributed by atoms with Gasteiger partial charge >= 0.3 is 0 Å². The molecule has 2 rings (SSSR count). The Balaban J connectivity index is 2.55. The molecule has 2 nitrogen and oxygen atoms in total. The van der Waals surface area contributed by atoms with Gasteiger partial charge in [0.05, 0.1) is 7.11 Å². The zero-order chi connectivity index (χ0) is 14.9. The molecule has 1 unspecified atom stereocenters. The van der Waals surface area contributed by atoms with Crippen LogP contribution in [-0.2, 0) is 0 Å². The third-order valence-electron chi connectivity index (χ3n) is 3.24. The Morgan fingerprint density at radius 1 is 1.20 bits per heavy atom. The second-order valence-corrected chi connectivity index (χ2v) is 5.17. The van der Waals surface area contributed by atoms with Crippen LogP contribution in [0.5, 0.6) is 5.75 Å². The fourth-order valence-electron chi connectivity index (χ4n) is 2.34. The Hall–Kier alpha value is -1.58. The summed E-state index contributed by atoms with van der Waals surface area (Å²) in [7, 11) is 1.55. The van der Waals surface area contributed by atoms with Crippen LogP contribution in [0, 0.1) is 19.7 Å². The van der Waals surface area contributed by atoms with Gasteiger partial charge in [-0.05, 0) is 43.2 Å². The highest BCUT2D eigenvalue weighted by Gasteiger charge is 2.21. The largest absolute Gasteiger partial charge is 0.496 e. The molecule has 0 saturated carbocycles. The molecule has 0 aliphatic carbocycles. The molecule has 4 heteroatoms. The summed E-state index contributed by atoms with van der Waals surface area (Å²) < 4.78 is 18.4. The molecule has 2 aromatic carbocycles. The van der Waals surface area contributed by atoms with Crippen molar-refractivity contribution in [3.8, 4) is 5.75 Å². The van der Waals surface area contributed by atoms with E-state index in [1.54, 1.807) is 7.11 Å². The first kappa shape index (κ1) is 14.8. The number of rotatable bonds is 3. The Labute approximate surface area is 122 Å². The van der Waals surface area contributed by atoms with Crippen LogP contribution in [0.1, 0.15) is 28.4 Å². The van der Waals surface area contributed by atoms with E-state index >= 15 is 0 Å². The number of hydrogen-bond acceptors (Lipinski definition) is 2. The van der Waals surface area contributed by atoms with Gasteiger partial charge in [-0.25, -0.2) is 4.39 Å². The quantitative estimate of drug-likeness (QED) is 0.920. The number of ether oxygens (including phenoxy) is 1. The molecule has 0 heterocycles. The average molecular weight is 295 g/mol. The highest BCUT2D eigenvalue weighted by atomic mass is 35.5. The molecule has 0 spiro atoms. The maximum Gasteiger partial charge on any atom is 0.125 e. The van der Waals surface area contributed by atoms with Crippen LogP contribution in [-0.4, -0.2) is 12.2 Å². The van der Waals surface area contributed by atoms with Crippen molar-refractivity contribution in [2.75, 3.05) is 7.11 Å².